The van der Waals surface area contributed by atoms with Crippen LogP contribution in [0.25, 0.3) is 11.1 Å². The number of rotatable bonds is 1. The van der Waals surface area contributed by atoms with Gasteiger partial charge in [-0.1, -0.05) is 60.6 Å². The van der Waals surface area contributed by atoms with Crippen molar-refractivity contribution in [1.82, 2.24) is 0 Å². The lowest BCUT2D eigenvalue weighted by atomic mass is 9.62. The largest absolute Gasteiger partial charge is 0.295 e. The van der Waals surface area contributed by atoms with E-state index in [1.54, 1.807) is 6.92 Å². The Bertz CT molecular complexity index is 776. The fourth-order valence-electron chi connectivity index (χ4n) is 3.63. The van der Waals surface area contributed by atoms with Gasteiger partial charge in [0.1, 0.15) is 0 Å². The first-order valence-corrected chi connectivity index (χ1v) is 7.14. The van der Waals surface area contributed by atoms with Crippen LogP contribution in [0.3, 0.4) is 0 Å². The molecule has 0 aliphatic heterocycles. The van der Waals surface area contributed by atoms with Crippen molar-refractivity contribution in [3.8, 4) is 0 Å². The van der Waals surface area contributed by atoms with Crippen LogP contribution in [0, 0.1) is 11.3 Å². The summed E-state index contributed by atoms with van der Waals surface area (Å²) in [7, 11) is 0. The molecule has 0 bridgehead atoms. The third kappa shape index (κ3) is 1.66. The molecule has 3 rings (SSSR count). The Labute approximate surface area is 120 Å². The molecule has 1 aromatic carbocycles. The van der Waals surface area contributed by atoms with Gasteiger partial charge in [0.15, 0.2) is 5.78 Å². The van der Waals surface area contributed by atoms with Gasteiger partial charge in [0, 0.05) is 16.9 Å². The number of ketones is 1. The molecule has 2 atom stereocenters. The van der Waals surface area contributed by atoms with Gasteiger partial charge in [-0.2, -0.15) is 0 Å². The molecule has 2 unspecified atom stereocenters. The van der Waals surface area contributed by atoms with Crippen LogP contribution < -0.4 is 10.4 Å². The quantitative estimate of drug-likeness (QED) is 0.762. The fourth-order valence-corrected chi connectivity index (χ4v) is 3.63. The molecule has 102 valence electrons. The second-order valence-corrected chi connectivity index (χ2v) is 6.13. The lowest BCUT2D eigenvalue weighted by molar-refractivity contribution is -0.113. The van der Waals surface area contributed by atoms with E-state index >= 15 is 0 Å². The molecule has 2 aliphatic carbocycles. The van der Waals surface area contributed by atoms with Crippen LogP contribution in [-0.2, 0) is 4.79 Å². The first kappa shape index (κ1) is 13.1. The predicted molar refractivity (Wildman–Crippen MR) is 83.4 cm³/mol. The van der Waals surface area contributed by atoms with Gasteiger partial charge in [-0.15, -0.1) is 0 Å². The summed E-state index contributed by atoms with van der Waals surface area (Å²) in [5, 5.41) is 2.66. The molecule has 1 heteroatoms. The second kappa shape index (κ2) is 4.31. The minimum Gasteiger partial charge on any atom is -0.295 e. The van der Waals surface area contributed by atoms with Gasteiger partial charge in [-0.3, -0.25) is 4.79 Å². The Kier molecular flexibility index (Phi) is 2.82. The molecule has 2 aliphatic rings. The monoisotopic (exact) mass is 264 g/mol. The molecule has 0 saturated heterocycles. The highest BCUT2D eigenvalue weighted by Crippen LogP contribution is 2.46. The van der Waals surface area contributed by atoms with Crippen molar-refractivity contribution in [3.63, 3.8) is 0 Å². The van der Waals surface area contributed by atoms with Crippen LogP contribution in [0.1, 0.15) is 27.7 Å². The van der Waals surface area contributed by atoms with Crippen molar-refractivity contribution in [2.24, 2.45) is 11.3 Å². The minimum absolute atomic E-state index is 0.0891. The summed E-state index contributed by atoms with van der Waals surface area (Å²) in [6, 6.07) is 8.58. The Morgan fingerprint density at radius 2 is 1.80 bits per heavy atom. The van der Waals surface area contributed by atoms with Gasteiger partial charge in [0.2, 0.25) is 0 Å². The molecule has 20 heavy (non-hydrogen) atoms. The normalized spacial score (nSPS) is 27.8. The molecule has 1 aromatic rings. The van der Waals surface area contributed by atoms with E-state index in [1.807, 2.05) is 6.08 Å². The maximum Gasteiger partial charge on any atom is 0.159 e. The molecule has 0 amide bonds. The summed E-state index contributed by atoms with van der Waals surface area (Å²) in [6.45, 7) is 8.30. The number of benzene rings is 1. The van der Waals surface area contributed by atoms with E-state index in [4.69, 9.17) is 0 Å². The van der Waals surface area contributed by atoms with E-state index in [0.717, 1.165) is 5.57 Å². The molecule has 0 saturated carbocycles. The smallest absolute Gasteiger partial charge is 0.159 e. The number of carbonyl (C=O) groups excluding carboxylic acids is 1. The van der Waals surface area contributed by atoms with E-state index in [9.17, 15) is 4.79 Å². The molecule has 0 spiro atoms. The summed E-state index contributed by atoms with van der Waals surface area (Å²) < 4.78 is 0. The summed E-state index contributed by atoms with van der Waals surface area (Å²) >= 11 is 0. The highest BCUT2D eigenvalue weighted by Gasteiger charge is 2.38. The Balaban J connectivity index is 2.37. The van der Waals surface area contributed by atoms with E-state index in [0.29, 0.717) is 5.92 Å². The number of hydrogen-bond donors (Lipinski definition) is 0. The van der Waals surface area contributed by atoms with Gasteiger partial charge in [0.25, 0.3) is 0 Å². The van der Waals surface area contributed by atoms with E-state index < -0.39 is 0 Å². The molecule has 0 heterocycles. The zero-order valence-electron chi connectivity index (χ0n) is 12.5. The van der Waals surface area contributed by atoms with Crippen molar-refractivity contribution in [1.29, 1.82) is 0 Å². The highest BCUT2D eigenvalue weighted by atomic mass is 16.1. The lowest BCUT2D eigenvalue weighted by Gasteiger charge is -2.41. The molecule has 0 fully saturated rings. The predicted octanol–water partition coefficient (Wildman–Crippen LogP) is 2.75. The van der Waals surface area contributed by atoms with Gasteiger partial charge < -0.3 is 0 Å². The van der Waals surface area contributed by atoms with Crippen molar-refractivity contribution < 1.29 is 4.79 Å². The number of hydrogen-bond acceptors (Lipinski definition) is 1. The minimum atomic E-state index is -0.0891. The highest BCUT2D eigenvalue weighted by molar-refractivity contribution is 5.97. The average molecular weight is 264 g/mol. The summed E-state index contributed by atoms with van der Waals surface area (Å²) in [5.74, 6) is 0.491. The standard InChI is InChI=1S/C19H20O/c1-12-16-7-5-6-8-17(16)13(2)19(4)11-15(14(3)20)9-10-18(12)19/h5-11,18H,1-4H3. The van der Waals surface area contributed by atoms with Crippen LogP contribution in [-0.4, -0.2) is 5.78 Å². The Hall–Kier alpha value is -1.89. The number of allylic oxidation sites excluding steroid dienone is 4. The first-order chi connectivity index (χ1) is 9.45. The Morgan fingerprint density at radius 1 is 1.15 bits per heavy atom. The van der Waals surface area contributed by atoms with E-state index in [-0.39, 0.29) is 11.2 Å². The van der Waals surface area contributed by atoms with Gasteiger partial charge >= 0.3 is 0 Å². The SMILES string of the molecule is CC(=O)C1=CC2(C)C(C)=c3ccccc3=C(C)C2C=C1. The molecular weight excluding hydrogens is 244 g/mol. The third-order valence-electron chi connectivity index (χ3n) is 5.01. The van der Waals surface area contributed by atoms with Crippen LogP contribution in [0.2, 0.25) is 0 Å². The zero-order valence-corrected chi connectivity index (χ0v) is 12.5. The summed E-state index contributed by atoms with van der Waals surface area (Å²) in [6.07, 6.45) is 6.35. The lowest BCUT2D eigenvalue weighted by Crippen LogP contribution is -2.43. The number of fused-ring (bicyclic) bond motifs is 2. The van der Waals surface area contributed by atoms with Crippen LogP contribution >= 0.6 is 0 Å². The van der Waals surface area contributed by atoms with Crippen LogP contribution in [0.5, 0.6) is 0 Å². The van der Waals surface area contributed by atoms with Gasteiger partial charge in [0.05, 0.1) is 0 Å². The van der Waals surface area contributed by atoms with Crippen LogP contribution in [0.4, 0.5) is 0 Å². The van der Waals surface area contributed by atoms with Crippen molar-refractivity contribution in [3.05, 3.63) is 58.5 Å². The van der Waals surface area contributed by atoms with Crippen molar-refractivity contribution in [2.45, 2.75) is 27.7 Å². The maximum absolute atomic E-state index is 11.7. The molecule has 0 N–H and O–H groups in total. The number of Topliss-reactive ketones (excluding diaryl/α,β-unsaturated/α-hetero) is 1. The van der Waals surface area contributed by atoms with Gasteiger partial charge in [-0.05, 0) is 31.2 Å². The summed E-state index contributed by atoms with van der Waals surface area (Å²) in [4.78, 5) is 11.7. The van der Waals surface area contributed by atoms with E-state index in [2.05, 4.69) is 57.2 Å². The number of carbonyl (C=O) groups is 1. The molecule has 0 aromatic heterocycles. The van der Waals surface area contributed by atoms with Crippen LogP contribution in [0.15, 0.2) is 48.1 Å². The van der Waals surface area contributed by atoms with E-state index in [1.165, 1.54) is 21.6 Å². The zero-order chi connectivity index (χ0) is 14.5. The topological polar surface area (TPSA) is 17.1 Å². The second-order valence-electron chi connectivity index (χ2n) is 6.13. The fraction of sp³-hybridized carbons (Fsp3) is 0.316. The summed E-state index contributed by atoms with van der Waals surface area (Å²) in [5.41, 5.74) is 3.49. The third-order valence-corrected chi connectivity index (χ3v) is 5.01. The average Bonchev–Trinajstić information content (AvgIpc) is 2.44. The molecule has 1 nitrogen and oxygen atoms in total. The molecular formula is C19H20O. The maximum atomic E-state index is 11.7. The van der Waals surface area contributed by atoms with Crippen molar-refractivity contribution >= 4 is 16.9 Å². The Morgan fingerprint density at radius 3 is 2.45 bits per heavy atom. The van der Waals surface area contributed by atoms with Gasteiger partial charge in [-0.25, -0.2) is 0 Å². The van der Waals surface area contributed by atoms with Crippen molar-refractivity contribution in [2.75, 3.05) is 0 Å². The molecule has 0 radical (unpaired) electrons. The first-order valence-electron chi connectivity index (χ1n) is 7.14.